The number of piperidine rings is 1. The Hall–Kier alpha value is -4.06. The monoisotopic (exact) mass is 563 g/mol. The predicted octanol–water partition coefficient (Wildman–Crippen LogP) is 6.16. The summed E-state index contributed by atoms with van der Waals surface area (Å²) in [6.07, 6.45) is -11.5. The second-order valence-electron chi connectivity index (χ2n) is 9.72. The van der Waals surface area contributed by atoms with E-state index in [-0.39, 0.29) is 32.0 Å². The summed E-state index contributed by atoms with van der Waals surface area (Å²) >= 11 is 0. The molecule has 40 heavy (non-hydrogen) atoms. The lowest BCUT2D eigenvalue weighted by atomic mass is 9.84. The van der Waals surface area contributed by atoms with Crippen molar-refractivity contribution in [3.05, 3.63) is 95.6 Å². The first-order valence-electron chi connectivity index (χ1n) is 12.3. The highest BCUT2D eigenvalue weighted by atomic mass is 19.4. The molecule has 2 fully saturated rings. The van der Waals surface area contributed by atoms with E-state index < -0.39 is 52.7 Å². The number of amides is 3. The van der Waals surface area contributed by atoms with Gasteiger partial charge in [-0.3, -0.25) is 14.6 Å². The van der Waals surface area contributed by atoms with Gasteiger partial charge >= 0.3 is 18.4 Å². The van der Waals surface area contributed by atoms with Gasteiger partial charge in [0.15, 0.2) is 6.23 Å². The lowest BCUT2D eigenvalue weighted by Crippen LogP contribution is -2.59. The summed E-state index contributed by atoms with van der Waals surface area (Å²) in [4.78, 5) is 30.7. The quantitative estimate of drug-likeness (QED) is 0.388. The van der Waals surface area contributed by atoms with E-state index in [0.29, 0.717) is 23.5 Å². The minimum atomic E-state index is -5.09. The highest BCUT2D eigenvalue weighted by Gasteiger charge is 2.59. The Morgan fingerprint density at radius 2 is 1.25 bits per heavy atom. The van der Waals surface area contributed by atoms with E-state index >= 15 is 0 Å². The van der Waals surface area contributed by atoms with E-state index in [1.165, 1.54) is 9.80 Å². The number of benzene rings is 3. The highest BCUT2D eigenvalue weighted by Crippen LogP contribution is 2.45. The molecule has 1 spiro atoms. The van der Waals surface area contributed by atoms with Gasteiger partial charge < -0.3 is 10.0 Å². The number of hydrogen-bond donors (Lipinski definition) is 1. The van der Waals surface area contributed by atoms with Crippen molar-refractivity contribution in [3.63, 3.8) is 0 Å². The zero-order chi connectivity index (χ0) is 28.9. The summed E-state index contributed by atoms with van der Waals surface area (Å²) in [6.45, 7) is -0.237. The van der Waals surface area contributed by atoms with Crippen LogP contribution < -0.4 is 9.80 Å². The van der Waals surface area contributed by atoms with Crippen LogP contribution in [0.15, 0.2) is 78.9 Å². The maximum atomic E-state index is 13.7. The fourth-order valence-electron chi connectivity index (χ4n) is 5.38. The first kappa shape index (κ1) is 27.5. The number of aliphatic hydroxyl groups is 1. The molecule has 5 rings (SSSR count). The summed E-state index contributed by atoms with van der Waals surface area (Å²) in [5.41, 5.74) is -4.17. The Labute approximate surface area is 225 Å². The number of para-hydroxylation sites is 2. The van der Waals surface area contributed by atoms with E-state index in [1.807, 2.05) is 0 Å². The smallest absolute Gasteiger partial charge is 0.371 e. The molecule has 0 aliphatic carbocycles. The molecular weight excluding hydrogens is 540 g/mol. The summed E-state index contributed by atoms with van der Waals surface area (Å²) in [5, 5.41) is 11.5. The lowest BCUT2D eigenvalue weighted by molar-refractivity contribution is -0.143. The van der Waals surface area contributed by atoms with Crippen molar-refractivity contribution in [1.29, 1.82) is 0 Å². The van der Waals surface area contributed by atoms with Crippen LogP contribution >= 0.6 is 0 Å². The van der Waals surface area contributed by atoms with Gasteiger partial charge in [-0.1, -0.05) is 36.4 Å². The number of halogens is 6. The fourth-order valence-corrected chi connectivity index (χ4v) is 5.38. The average molecular weight is 563 g/mol. The number of likely N-dealkylation sites (tertiary alicyclic amines) is 1. The zero-order valence-corrected chi connectivity index (χ0v) is 20.8. The van der Waals surface area contributed by atoms with Crippen molar-refractivity contribution >= 4 is 23.3 Å². The molecule has 0 aromatic heterocycles. The van der Waals surface area contributed by atoms with Crippen LogP contribution in [0, 0.1) is 0 Å². The van der Waals surface area contributed by atoms with E-state index in [4.69, 9.17) is 0 Å². The Morgan fingerprint density at radius 1 is 0.775 bits per heavy atom. The van der Waals surface area contributed by atoms with Crippen molar-refractivity contribution in [1.82, 2.24) is 4.90 Å². The van der Waals surface area contributed by atoms with Crippen molar-refractivity contribution in [3.8, 4) is 0 Å². The third-order valence-electron chi connectivity index (χ3n) is 7.37. The molecule has 1 N–H and O–H groups in total. The number of nitrogens with zero attached hydrogens (tertiary/aromatic N) is 3. The average Bonchev–Trinajstić information content (AvgIpc) is 3.13. The van der Waals surface area contributed by atoms with Crippen molar-refractivity contribution in [2.75, 3.05) is 22.9 Å². The number of rotatable bonds is 3. The maximum absolute atomic E-state index is 13.7. The Kier molecular flexibility index (Phi) is 6.77. The fraction of sp³-hybridized carbons (Fsp3) is 0.286. The first-order valence-corrected chi connectivity index (χ1v) is 12.3. The van der Waals surface area contributed by atoms with Gasteiger partial charge in [0, 0.05) is 30.0 Å². The van der Waals surface area contributed by atoms with Gasteiger partial charge in [-0.25, -0.2) is 4.79 Å². The summed E-state index contributed by atoms with van der Waals surface area (Å²) in [5.74, 6) is -1.00. The number of carbonyl (C=O) groups is 2. The van der Waals surface area contributed by atoms with Crippen LogP contribution in [0.3, 0.4) is 0 Å². The minimum absolute atomic E-state index is 0.0228. The molecular formula is C28H23F6N3O3. The topological polar surface area (TPSA) is 64.1 Å². The van der Waals surface area contributed by atoms with Gasteiger partial charge in [-0.05, 0) is 55.3 Å². The SMILES string of the molecule is O=C(c1cc(C(F)(F)F)cc(C(F)(F)F)c1)N1CCC2(CC1)C(O)N(c1ccccc1)C(=O)N2c1ccccc1. The normalized spacial score (nSPS) is 19.4. The summed E-state index contributed by atoms with van der Waals surface area (Å²) < 4.78 is 80.0. The van der Waals surface area contributed by atoms with E-state index in [1.54, 1.807) is 60.7 Å². The van der Waals surface area contributed by atoms with Gasteiger partial charge in [0.1, 0.15) is 0 Å². The van der Waals surface area contributed by atoms with Crippen molar-refractivity contribution in [2.24, 2.45) is 0 Å². The molecule has 2 aliphatic rings. The van der Waals surface area contributed by atoms with Crippen molar-refractivity contribution < 1.29 is 41.0 Å². The molecule has 1 unspecified atom stereocenters. The van der Waals surface area contributed by atoms with Gasteiger partial charge in [-0.2, -0.15) is 26.3 Å². The molecule has 0 saturated carbocycles. The molecule has 3 amide bonds. The van der Waals surface area contributed by atoms with E-state index in [9.17, 15) is 41.0 Å². The minimum Gasteiger partial charge on any atom is -0.371 e. The molecule has 2 saturated heterocycles. The van der Waals surface area contributed by atoms with Gasteiger partial charge in [-0.15, -0.1) is 0 Å². The Balaban J connectivity index is 1.47. The number of anilines is 2. The molecule has 0 radical (unpaired) electrons. The molecule has 3 aromatic rings. The van der Waals surface area contributed by atoms with Gasteiger partial charge in [0.05, 0.1) is 16.7 Å². The standard InChI is InChI=1S/C28H23F6N3O3/c29-27(30,31)19-15-18(16-20(17-19)28(32,33)34)23(38)35-13-11-26(12-14-35)24(39)36(21-7-3-1-4-8-21)25(40)37(26)22-9-5-2-6-10-22/h1-10,15-17,24,39H,11-14H2. The largest absolute Gasteiger partial charge is 0.416 e. The number of hydrogen-bond acceptors (Lipinski definition) is 3. The molecule has 2 heterocycles. The van der Waals surface area contributed by atoms with Gasteiger partial charge in [0.2, 0.25) is 0 Å². The molecule has 3 aromatic carbocycles. The third kappa shape index (κ3) is 4.76. The van der Waals surface area contributed by atoms with Crippen LogP contribution in [0.2, 0.25) is 0 Å². The van der Waals surface area contributed by atoms with Crippen LogP contribution in [0.5, 0.6) is 0 Å². The number of carbonyl (C=O) groups excluding carboxylic acids is 2. The molecule has 12 heteroatoms. The number of urea groups is 1. The van der Waals surface area contributed by atoms with Gasteiger partial charge in [0.25, 0.3) is 5.91 Å². The van der Waals surface area contributed by atoms with Crippen LogP contribution in [0.25, 0.3) is 0 Å². The zero-order valence-electron chi connectivity index (χ0n) is 20.8. The second-order valence-corrected chi connectivity index (χ2v) is 9.72. The molecule has 6 nitrogen and oxygen atoms in total. The second kappa shape index (κ2) is 9.84. The lowest BCUT2D eigenvalue weighted by Gasteiger charge is -2.45. The summed E-state index contributed by atoms with van der Waals surface area (Å²) in [6, 6.07) is 17.4. The number of alkyl halides is 6. The van der Waals surface area contributed by atoms with Crippen LogP contribution in [0.4, 0.5) is 42.5 Å². The van der Waals surface area contributed by atoms with Crippen molar-refractivity contribution in [2.45, 2.75) is 37.0 Å². The molecule has 1 atom stereocenters. The Bertz CT molecular complexity index is 1370. The first-order chi connectivity index (χ1) is 18.8. The predicted molar refractivity (Wildman–Crippen MR) is 134 cm³/mol. The van der Waals surface area contributed by atoms with Crippen LogP contribution in [-0.4, -0.2) is 46.8 Å². The highest BCUT2D eigenvalue weighted by molar-refractivity contribution is 6.08. The maximum Gasteiger partial charge on any atom is 0.416 e. The number of aliphatic hydroxyl groups excluding tert-OH is 1. The van der Waals surface area contributed by atoms with Crippen LogP contribution in [-0.2, 0) is 12.4 Å². The molecule has 210 valence electrons. The van der Waals surface area contributed by atoms with E-state index in [2.05, 4.69) is 0 Å². The summed E-state index contributed by atoms with van der Waals surface area (Å²) in [7, 11) is 0. The van der Waals surface area contributed by atoms with Crippen LogP contribution in [0.1, 0.15) is 34.3 Å². The van der Waals surface area contributed by atoms with E-state index in [0.717, 1.165) is 4.90 Å². The molecule has 0 bridgehead atoms. The Morgan fingerprint density at radius 3 is 1.73 bits per heavy atom. The third-order valence-corrected chi connectivity index (χ3v) is 7.37. The molecule has 2 aliphatic heterocycles.